The number of rotatable bonds is 3. The Labute approximate surface area is 93.8 Å². The zero-order valence-corrected chi connectivity index (χ0v) is 9.09. The summed E-state index contributed by atoms with van der Waals surface area (Å²) in [6.45, 7) is 0. The summed E-state index contributed by atoms with van der Waals surface area (Å²) in [5.74, 6) is -0.694. The van der Waals surface area contributed by atoms with Gasteiger partial charge >= 0.3 is 5.97 Å². The van der Waals surface area contributed by atoms with Crippen LogP contribution in [0.1, 0.15) is 18.0 Å². The number of halogens is 2. The second-order valence-corrected chi connectivity index (χ2v) is 2.94. The highest BCUT2D eigenvalue weighted by Gasteiger charge is 2.11. The lowest BCUT2D eigenvalue weighted by molar-refractivity contribution is -0.141. The molecular weight excluding hydrogens is 221 g/mol. The van der Waals surface area contributed by atoms with E-state index in [0.717, 1.165) is 5.56 Å². The topological polar surface area (TPSA) is 52.3 Å². The number of carbonyl (C=O) groups excluding carboxylic acids is 1. The van der Waals surface area contributed by atoms with Gasteiger partial charge in [0.2, 0.25) is 0 Å². The molecule has 1 atom stereocenters. The molecule has 15 heavy (non-hydrogen) atoms. The first-order valence-electron chi connectivity index (χ1n) is 4.21. The third kappa shape index (κ3) is 4.27. The molecule has 1 aromatic rings. The van der Waals surface area contributed by atoms with Crippen LogP contribution >= 0.6 is 12.4 Å². The first-order valence-corrected chi connectivity index (χ1v) is 4.21. The molecule has 1 aromatic carbocycles. The minimum atomic E-state index is -0.442. The minimum absolute atomic E-state index is 0. The number of methoxy groups -OCH3 is 1. The van der Waals surface area contributed by atoms with Crippen LogP contribution < -0.4 is 5.73 Å². The predicted molar refractivity (Wildman–Crippen MR) is 57.2 cm³/mol. The predicted octanol–water partition coefficient (Wildman–Crippen LogP) is 1.81. The fourth-order valence-corrected chi connectivity index (χ4v) is 1.09. The van der Waals surface area contributed by atoms with Crippen LogP contribution in [0.4, 0.5) is 4.39 Å². The highest BCUT2D eigenvalue weighted by Crippen LogP contribution is 2.14. The lowest BCUT2D eigenvalue weighted by atomic mass is 10.1. The maximum Gasteiger partial charge on any atom is 0.307 e. The van der Waals surface area contributed by atoms with Crippen molar-refractivity contribution in [3.63, 3.8) is 0 Å². The normalized spacial score (nSPS) is 11.4. The largest absolute Gasteiger partial charge is 0.469 e. The van der Waals surface area contributed by atoms with Crippen LogP contribution in [0.25, 0.3) is 0 Å². The standard InChI is InChI=1S/C10H12FNO2.ClH/c1-14-10(13)6-9(12)7-2-4-8(11)5-3-7;/h2-5,9H,6,12H2,1H3;1H/t9-;/m1./s1. The van der Waals surface area contributed by atoms with E-state index in [2.05, 4.69) is 4.74 Å². The van der Waals surface area contributed by atoms with Crippen molar-refractivity contribution in [1.82, 2.24) is 0 Å². The molecule has 5 heteroatoms. The van der Waals surface area contributed by atoms with Crippen molar-refractivity contribution in [2.24, 2.45) is 5.73 Å². The molecule has 0 saturated heterocycles. The molecule has 1 rings (SSSR count). The molecule has 0 bridgehead atoms. The van der Waals surface area contributed by atoms with Gasteiger partial charge in [0.25, 0.3) is 0 Å². The van der Waals surface area contributed by atoms with Gasteiger partial charge in [0.15, 0.2) is 0 Å². The van der Waals surface area contributed by atoms with E-state index in [-0.39, 0.29) is 30.6 Å². The Balaban J connectivity index is 0.00000196. The van der Waals surface area contributed by atoms with E-state index in [9.17, 15) is 9.18 Å². The smallest absolute Gasteiger partial charge is 0.307 e. The van der Waals surface area contributed by atoms with Crippen LogP contribution in [0, 0.1) is 5.82 Å². The van der Waals surface area contributed by atoms with Gasteiger partial charge in [-0.3, -0.25) is 4.79 Å². The lowest BCUT2D eigenvalue weighted by Crippen LogP contribution is -2.16. The maximum absolute atomic E-state index is 12.5. The second kappa shape index (κ2) is 6.37. The number of hydrogen-bond donors (Lipinski definition) is 1. The first kappa shape index (κ1) is 13.9. The van der Waals surface area contributed by atoms with Gasteiger partial charge in [-0.2, -0.15) is 0 Å². The van der Waals surface area contributed by atoms with Crippen molar-refractivity contribution in [2.75, 3.05) is 7.11 Å². The Morgan fingerprint density at radius 2 is 2.00 bits per heavy atom. The Hall–Kier alpha value is -1.13. The van der Waals surface area contributed by atoms with Crippen LogP contribution in [0.15, 0.2) is 24.3 Å². The van der Waals surface area contributed by atoms with E-state index in [4.69, 9.17) is 5.73 Å². The van der Waals surface area contributed by atoms with Gasteiger partial charge in [-0.1, -0.05) is 12.1 Å². The summed E-state index contributed by atoms with van der Waals surface area (Å²) in [4.78, 5) is 10.9. The van der Waals surface area contributed by atoms with E-state index in [1.807, 2.05) is 0 Å². The maximum atomic E-state index is 12.5. The van der Waals surface area contributed by atoms with Gasteiger partial charge < -0.3 is 10.5 Å². The van der Waals surface area contributed by atoms with Crippen LogP contribution in [-0.2, 0) is 9.53 Å². The molecule has 0 radical (unpaired) electrons. The molecule has 0 amide bonds. The van der Waals surface area contributed by atoms with E-state index in [1.54, 1.807) is 12.1 Å². The Bertz CT molecular complexity index is 316. The highest BCUT2D eigenvalue weighted by atomic mass is 35.5. The van der Waals surface area contributed by atoms with Gasteiger partial charge in [-0.15, -0.1) is 12.4 Å². The molecule has 0 aliphatic heterocycles. The number of nitrogens with two attached hydrogens (primary N) is 1. The number of ether oxygens (including phenoxy) is 1. The molecule has 0 aliphatic rings. The highest BCUT2D eigenvalue weighted by molar-refractivity contribution is 5.85. The number of benzene rings is 1. The van der Waals surface area contributed by atoms with Gasteiger partial charge in [0.1, 0.15) is 5.82 Å². The third-order valence-electron chi connectivity index (χ3n) is 1.91. The summed E-state index contributed by atoms with van der Waals surface area (Å²) in [5, 5.41) is 0. The fraction of sp³-hybridized carbons (Fsp3) is 0.300. The number of carbonyl (C=O) groups is 1. The van der Waals surface area contributed by atoms with Gasteiger partial charge in [-0.25, -0.2) is 4.39 Å². The molecular formula is C10H13ClFNO2. The second-order valence-electron chi connectivity index (χ2n) is 2.94. The quantitative estimate of drug-likeness (QED) is 0.811. The molecule has 0 aromatic heterocycles. The summed E-state index contributed by atoms with van der Waals surface area (Å²) < 4.78 is 17.0. The van der Waals surface area contributed by atoms with Crippen molar-refractivity contribution in [3.05, 3.63) is 35.6 Å². The summed E-state index contributed by atoms with van der Waals surface area (Å²) >= 11 is 0. The summed E-state index contributed by atoms with van der Waals surface area (Å²) in [6.07, 6.45) is 0.0993. The van der Waals surface area contributed by atoms with Crippen LogP contribution in [0.5, 0.6) is 0 Å². The van der Waals surface area contributed by atoms with Gasteiger partial charge in [-0.05, 0) is 17.7 Å². The Kier molecular flexibility index (Phi) is 5.89. The lowest BCUT2D eigenvalue weighted by Gasteiger charge is -2.09. The number of hydrogen-bond acceptors (Lipinski definition) is 3. The van der Waals surface area contributed by atoms with Crippen molar-refractivity contribution < 1.29 is 13.9 Å². The molecule has 0 saturated carbocycles. The Morgan fingerprint density at radius 1 is 1.47 bits per heavy atom. The molecule has 0 fully saturated rings. The Morgan fingerprint density at radius 3 is 2.47 bits per heavy atom. The molecule has 0 unspecified atom stereocenters. The fourth-order valence-electron chi connectivity index (χ4n) is 1.09. The minimum Gasteiger partial charge on any atom is -0.469 e. The number of esters is 1. The molecule has 2 N–H and O–H groups in total. The van der Waals surface area contributed by atoms with Gasteiger partial charge in [0, 0.05) is 6.04 Å². The summed E-state index contributed by atoms with van der Waals surface area (Å²) in [7, 11) is 1.31. The first-order chi connectivity index (χ1) is 6.63. The molecule has 0 heterocycles. The van der Waals surface area contributed by atoms with Gasteiger partial charge in [0.05, 0.1) is 13.5 Å². The average molecular weight is 234 g/mol. The summed E-state index contributed by atoms with van der Waals surface area (Å²) in [5.41, 5.74) is 6.42. The summed E-state index contributed by atoms with van der Waals surface area (Å²) in [6, 6.07) is 5.30. The third-order valence-corrected chi connectivity index (χ3v) is 1.91. The van der Waals surface area contributed by atoms with E-state index in [1.165, 1.54) is 19.2 Å². The molecule has 0 aliphatic carbocycles. The van der Waals surface area contributed by atoms with Crippen molar-refractivity contribution >= 4 is 18.4 Å². The zero-order valence-electron chi connectivity index (χ0n) is 8.27. The molecule has 3 nitrogen and oxygen atoms in total. The van der Waals surface area contributed by atoms with Crippen LogP contribution in [0.2, 0.25) is 0 Å². The van der Waals surface area contributed by atoms with Crippen molar-refractivity contribution in [1.29, 1.82) is 0 Å². The van der Waals surface area contributed by atoms with Crippen LogP contribution in [-0.4, -0.2) is 13.1 Å². The van der Waals surface area contributed by atoms with E-state index < -0.39 is 6.04 Å². The molecule has 84 valence electrons. The SMILES string of the molecule is COC(=O)C[C@@H](N)c1ccc(F)cc1.Cl. The van der Waals surface area contributed by atoms with Crippen molar-refractivity contribution in [2.45, 2.75) is 12.5 Å². The van der Waals surface area contributed by atoms with Crippen molar-refractivity contribution in [3.8, 4) is 0 Å². The molecule has 0 spiro atoms. The van der Waals surface area contributed by atoms with E-state index >= 15 is 0 Å². The monoisotopic (exact) mass is 233 g/mol. The average Bonchev–Trinajstić information content (AvgIpc) is 2.18. The van der Waals surface area contributed by atoms with Crippen LogP contribution in [0.3, 0.4) is 0 Å². The zero-order chi connectivity index (χ0) is 10.6. The van der Waals surface area contributed by atoms with E-state index in [0.29, 0.717) is 0 Å².